The largest absolute Gasteiger partial charge is 0.457 e. The van der Waals surface area contributed by atoms with Gasteiger partial charge in [0, 0.05) is 19.8 Å². The Morgan fingerprint density at radius 2 is 1.92 bits per heavy atom. The predicted octanol–water partition coefficient (Wildman–Crippen LogP) is 1.71. The molecule has 1 heterocycles. The molecule has 8 nitrogen and oxygen atoms in total. The molecule has 0 spiro atoms. The van der Waals surface area contributed by atoms with Gasteiger partial charge in [-0.15, -0.1) is 0 Å². The smallest absolute Gasteiger partial charge is 0.374 e. The maximum Gasteiger partial charge on any atom is 0.374 e. The van der Waals surface area contributed by atoms with E-state index in [1.807, 2.05) is 0 Å². The van der Waals surface area contributed by atoms with Gasteiger partial charge in [-0.3, -0.25) is 4.79 Å². The molecule has 1 aromatic heterocycles. The van der Waals surface area contributed by atoms with E-state index in [4.69, 9.17) is 9.15 Å². The van der Waals surface area contributed by atoms with Gasteiger partial charge in [0.2, 0.25) is 15.8 Å². The Kier molecular flexibility index (Phi) is 5.60. The highest BCUT2D eigenvalue weighted by Crippen LogP contribution is 2.18. The molecule has 1 aromatic carbocycles. The molecule has 0 saturated heterocycles. The number of anilines is 1. The molecule has 1 atom stereocenters. The fraction of sp³-hybridized carbons (Fsp3) is 0.250. The second-order valence-electron chi connectivity index (χ2n) is 5.33. The maximum atomic E-state index is 12.1. The molecule has 134 valence electrons. The first-order chi connectivity index (χ1) is 11.7. The van der Waals surface area contributed by atoms with Crippen molar-refractivity contribution in [3.8, 4) is 0 Å². The molecule has 1 N–H and O–H groups in total. The Morgan fingerprint density at radius 1 is 1.20 bits per heavy atom. The minimum absolute atomic E-state index is 0.0151. The van der Waals surface area contributed by atoms with Crippen LogP contribution in [0.1, 0.15) is 17.5 Å². The number of esters is 1. The van der Waals surface area contributed by atoms with Crippen molar-refractivity contribution < 1.29 is 27.2 Å². The zero-order chi connectivity index (χ0) is 18.6. The monoisotopic (exact) mass is 366 g/mol. The lowest BCUT2D eigenvalue weighted by molar-refractivity contribution is -0.123. The number of hydrogen-bond donors (Lipinski definition) is 1. The minimum atomic E-state index is -3.62. The summed E-state index contributed by atoms with van der Waals surface area (Å²) in [7, 11) is -0.793. The van der Waals surface area contributed by atoms with Crippen LogP contribution in [-0.2, 0) is 19.6 Å². The quantitative estimate of drug-likeness (QED) is 0.780. The van der Waals surface area contributed by atoms with Gasteiger partial charge < -0.3 is 14.5 Å². The molecule has 9 heteroatoms. The summed E-state index contributed by atoms with van der Waals surface area (Å²) in [6, 6.07) is 8.74. The Labute approximate surface area is 145 Å². The molecule has 0 aliphatic heterocycles. The second-order valence-corrected chi connectivity index (χ2v) is 7.48. The van der Waals surface area contributed by atoms with Gasteiger partial charge in [0.1, 0.15) is 0 Å². The maximum absolute atomic E-state index is 12.1. The lowest BCUT2D eigenvalue weighted by Crippen LogP contribution is -2.30. The third kappa shape index (κ3) is 4.46. The standard InChI is InChI=1S/C16H18N2O6S/c1-11(24-16(20)14-8-5-9-23-14)15(19)17-12-6-4-7-13(10-12)25(21,22)18(2)3/h4-11H,1-3H3,(H,17,19)/t11-/m1/s1. The lowest BCUT2D eigenvalue weighted by atomic mass is 10.3. The Morgan fingerprint density at radius 3 is 2.52 bits per heavy atom. The van der Waals surface area contributed by atoms with Crippen molar-refractivity contribution in [1.82, 2.24) is 4.31 Å². The van der Waals surface area contributed by atoms with Crippen LogP contribution in [0.15, 0.2) is 52.0 Å². The molecule has 0 aliphatic carbocycles. The minimum Gasteiger partial charge on any atom is -0.457 e. The fourth-order valence-electron chi connectivity index (χ4n) is 1.86. The SMILES string of the molecule is C[C@@H](OC(=O)c1ccco1)C(=O)Nc1cccc(S(=O)(=O)N(C)C)c1. The fourth-order valence-corrected chi connectivity index (χ4v) is 2.80. The number of hydrogen-bond acceptors (Lipinski definition) is 6. The molecule has 0 aliphatic rings. The van der Waals surface area contributed by atoms with E-state index in [2.05, 4.69) is 5.32 Å². The van der Waals surface area contributed by atoms with Crippen LogP contribution in [0.4, 0.5) is 5.69 Å². The normalized spacial score (nSPS) is 12.6. The van der Waals surface area contributed by atoms with E-state index in [-0.39, 0.29) is 16.3 Å². The van der Waals surface area contributed by atoms with Crippen LogP contribution in [0, 0.1) is 0 Å². The highest BCUT2D eigenvalue weighted by atomic mass is 32.2. The van der Waals surface area contributed by atoms with Crippen molar-refractivity contribution >= 4 is 27.6 Å². The van der Waals surface area contributed by atoms with Gasteiger partial charge >= 0.3 is 5.97 Å². The van der Waals surface area contributed by atoms with Crippen LogP contribution in [0.25, 0.3) is 0 Å². The molecular formula is C16H18N2O6S. The van der Waals surface area contributed by atoms with Crippen LogP contribution >= 0.6 is 0 Å². The van der Waals surface area contributed by atoms with Crippen LogP contribution in [-0.4, -0.2) is 44.8 Å². The molecule has 2 rings (SSSR count). The zero-order valence-corrected chi connectivity index (χ0v) is 14.7. The van der Waals surface area contributed by atoms with E-state index in [0.29, 0.717) is 0 Å². The molecule has 1 amide bonds. The summed E-state index contributed by atoms with van der Waals surface area (Å²) >= 11 is 0. The number of benzene rings is 1. The van der Waals surface area contributed by atoms with Gasteiger partial charge in [0.05, 0.1) is 11.2 Å². The van der Waals surface area contributed by atoms with Crippen molar-refractivity contribution in [2.45, 2.75) is 17.9 Å². The van der Waals surface area contributed by atoms with E-state index >= 15 is 0 Å². The molecular weight excluding hydrogens is 348 g/mol. The number of sulfonamides is 1. The lowest BCUT2D eigenvalue weighted by Gasteiger charge is -2.15. The first kappa shape index (κ1) is 18.7. The summed E-state index contributed by atoms with van der Waals surface area (Å²) < 4.78 is 35.2. The third-order valence-electron chi connectivity index (χ3n) is 3.26. The number of amides is 1. The van der Waals surface area contributed by atoms with Crippen molar-refractivity contribution in [2.24, 2.45) is 0 Å². The number of nitrogens with zero attached hydrogens (tertiary/aromatic N) is 1. The number of nitrogens with one attached hydrogen (secondary N) is 1. The summed E-state index contributed by atoms with van der Waals surface area (Å²) in [5, 5.41) is 2.51. The van der Waals surface area contributed by atoms with Gasteiger partial charge in [-0.2, -0.15) is 0 Å². The van der Waals surface area contributed by atoms with E-state index < -0.39 is 28.0 Å². The molecule has 0 fully saturated rings. The summed E-state index contributed by atoms with van der Waals surface area (Å²) in [5.41, 5.74) is 0.272. The zero-order valence-electron chi connectivity index (χ0n) is 13.9. The van der Waals surface area contributed by atoms with Crippen molar-refractivity contribution in [3.05, 3.63) is 48.4 Å². The Bertz CT molecular complexity index is 859. The van der Waals surface area contributed by atoms with Gasteiger partial charge in [-0.25, -0.2) is 17.5 Å². The number of rotatable bonds is 6. The topological polar surface area (TPSA) is 106 Å². The summed E-state index contributed by atoms with van der Waals surface area (Å²) in [5.74, 6) is -1.38. The predicted molar refractivity (Wildman–Crippen MR) is 89.5 cm³/mol. The molecule has 0 unspecified atom stereocenters. The molecule has 0 bridgehead atoms. The summed E-state index contributed by atoms with van der Waals surface area (Å²) in [4.78, 5) is 23.9. The molecule has 0 saturated carbocycles. The van der Waals surface area contributed by atoms with E-state index in [9.17, 15) is 18.0 Å². The molecule has 2 aromatic rings. The average Bonchev–Trinajstić information content (AvgIpc) is 3.09. The van der Waals surface area contributed by atoms with Crippen molar-refractivity contribution in [1.29, 1.82) is 0 Å². The number of carbonyl (C=O) groups is 2. The summed E-state index contributed by atoms with van der Waals surface area (Å²) in [6.07, 6.45) is 0.226. The van der Waals surface area contributed by atoms with Crippen molar-refractivity contribution in [2.75, 3.05) is 19.4 Å². The first-order valence-corrected chi connectivity index (χ1v) is 8.74. The van der Waals surface area contributed by atoms with Gasteiger partial charge in [-0.1, -0.05) is 6.07 Å². The molecule has 25 heavy (non-hydrogen) atoms. The number of furan rings is 1. The Hall–Kier alpha value is -2.65. The number of carbonyl (C=O) groups excluding carboxylic acids is 2. The number of ether oxygens (including phenoxy) is 1. The van der Waals surface area contributed by atoms with Crippen LogP contribution in [0.3, 0.4) is 0 Å². The van der Waals surface area contributed by atoms with Gasteiger partial charge in [0.25, 0.3) is 5.91 Å². The van der Waals surface area contributed by atoms with Gasteiger partial charge in [0.15, 0.2) is 6.10 Å². The van der Waals surface area contributed by atoms with E-state index in [0.717, 1.165) is 4.31 Å². The van der Waals surface area contributed by atoms with E-state index in [1.165, 1.54) is 63.7 Å². The first-order valence-electron chi connectivity index (χ1n) is 7.30. The van der Waals surface area contributed by atoms with Crippen LogP contribution in [0.5, 0.6) is 0 Å². The average molecular weight is 366 g/mol. The van der Waals surface area contributed by atoms with E-state index in [1.54, 1.807) is 0 Å². The summed E-state index contributed by atoms with van der Waals surface area (Å²) in [6.45, 7) is 1.40. The Balaban J connectivity index is 2.06. The van der Waals surface area contributed by atoms with Gasteiger partial charge in [-0.05, 0) is 37.3 Å². The molecule has 0 radical (unpaired) electrons. The third-order valence-corrected chi connectivity index (χ3v) is 5.07. The highest BCUT2D eigenvalue weighted by molar-refractivity contribution is 7.89. The highest BCUT2D eigenvalue weighted by Gasteiger charge is 2.22. The van der Waals surface area contributed by atoms with Crippen LogP contribution < -0.4 is 5.32 Å². The van der Waals surface area contributed by atoms with Crippen molar-refractivity contribution in [3.63, 3.8) is 0 Å². The van der Waals surface area contributed by atoms with Crippen LogP contribution in [0.2, 0.25) is 0 Å². The second kappa shape index (κ2) is 7.49.